The molecule has 0 atom stereocenters. The van der Waals surface area contributed by atoms with Crippen LogP contribution in [0.1, 0.15) is 26.2 Å². The Balaban J connectivity index is 1.95. The van der Waals surface area contributed by atoms with E-state index in [1.165, 1.54) is 19.3 Å². The van der Waals surface area contributed by atoms with E-state index in [9.17, 15) is 0 Å². The highest BCUT2D eigenvalue weighted by atomic mass is 35.5. The zero-order valence-corrected chi connectivity index (χ0v) is 13.8. The van der Waals surface area contributed by atoms with E-state index in [0.717, 1.165) is 44.4 Å². The van der Waals surface area contributed by atoms with E-state index in [-0.39, 0.29) is 0 Å². The van der Waals surface area contributed by atoms with Gasteiger partial charge >= 0.3 is 0 Å². The molecule has 23 heavy (non-hydrogen) atoms. The molecule has 0 radical (unpaired) electrons. The minimum atomic E-state index is 0.745. The average molecular weight is 324 g/mol. The highest BCUT2D eigenvalue weighted by Crippen LogP contribution is 2.34. The smallest absolute Gasteiger partial charge is 0.0993 e. The van der Waals surface area contributed by atoms with Crippen molar-refractivity contribution in [3.8, 4) is 0 Å². The van der Waals surface area contributed by atoms with E-state index in [4.69, 9.17) is 16.6 Å². The van der Waals surface area contributed by atoms with Crippen LogP contribution >= 0.6 is 11.6 Å². The Labute approximate surface area is 139 Å². The van der Waals surface area contributed by atoms with Gasteiger partial charge in [-0.2, -0.15) is 0 Å². The molecule has 2 aromatic carbocycles. The zero-order valence-electron chi connectivity index (χ0n) is 13.1. The van der Waals surface area contributed by atoms with Gasteiger partial charge in [0.15, 0.2) is 0 Å². The zero-order chi connectivity index (χ0) is 15.8. The van der Waals surface area contributed by atoms with E-state index in [2.05, 4.69) is 22.5 Å². The first-order chi connectivity index (χ1) is 11.3. The maximum atomic E-state index is 6.70. The van der Waals surface area contributed by atoms with Crippen molar-refractivity contribution >= 4 is 44.4 Å². The van der Waals surface area contributed by atoms with Crippen LogP contribution in [-0.2, 0) is 6.54 Å². The molecule has 0 bridgehead atoms. The Hall–Kier alpha value is -2.13. The van der Waals surface area contributed by atoms with E-state index in [1.807, 2.05) is 36.7 Å². The molecule has 4 rings (SSSR count). The summed E-state index contributed by atoms with van der Waals surface area (Å²) in [5.41, 5.74) is 3.90. The van der Waals surface area contributed by atoms with Crippen LogP contribution in [-0.4, -0.2) is 14.5 Å². The maximum Gasteiger partial charge on any atom is 0.0993 e. The molecule has 2 heterocycles. The fourth-order valence-corrected chi connectivity index (χ4v) is 3.51. The van der Waals surface area contributed by atoms with Gasteiger partial charge in [0.25, 0.3) is 0 Å². The SMILES string of the molecule is CCCCCn1cnc2c3c(Cl)c4ccccc4nc3ccc21. The predicted octanol–water partition coefficient (Wildman–Crippen LogP) is 5.58. The lowest BCUT2D eigenvalue weighted by atomic mass is 10.1. The molecule has 0 amide bonds. The van der Waals surface area contributed by atoms with Gasteiger partial charge in [-0.1, -0.05) is 49.6 Å². The lowest BCUT2D eigenvalue weighted by Crippen LogP contribution is -1.96. The molecule has 0 aliphatic carbocycles. The molecule has 0 N–H and O–H groups in total. The number of pyridine rings is 1. The number of benzene rings is 2. The Bertz CT molecular complexity index is 1000. The third-order valence-corrected chi connectivity index (χ3v) is 4.77. The van der Waals surface area contributed by atoms with Crippen molar-refractivity contribution in [1.82, 2.24) is 14.5 Å². The van der Waals surface area contributed by atoms with Crippen LogP contribution in [0.2, 0.25) is 5.02 Å². The Kier molecular flexibility index (Phi) is 3.66. The number of nitrogens with zero attached hydrogens (tertiary/aromatic N) is 3. The fourth-order valence-electron chi connectivity index (χ4n) is 3.16. The first-order valence-electron chi connectivity index (χ1n) is 8.11. The standard InChI is InChI=1S/C19H18ClN3/c1-2-3-6-11-23-12-21-19-16(23)10-9-15-17(19)18(20)13-7-4-5-8-14(13)22-15/h4-5,7-10,12H,2-3,6,11H2,1H3. The van der Waals surface area contributed by atoms with Gasteiger partial charge in [-0.25, -0.2) is 9.97 Å². The molecule has 0 saturated carbocycles. The summed E-state index contributed by atoms with van der Waals surface area (Å²) < 4.78 is 2.22. The average Bonchev–Trinajstić information content (AvgIpc) is 2.98. The van der Waals surface area contributed by atoms with Crippen molar-refractivity contribution < 1.29 is 0 Å². The van der Waals surface area contributed by atoms with Crippen LogP contribution in [0.4, 0.5) is 0 Å². The van der Waals surface area contributed by atoms with Gasteiger partial charge in [-0.3, -0.25) is 0 Å². The number of para-hydroxylation sites is 1. The van der Waals surface area contributed by atoms with Gasteiger partial charge in [-0.05, 0) is 24.6 Å². The second-order valence-electron chi connectivity index (χ2n) is 5.92. The minimum absolute atomic E-state index is 0.745. The summed E-state index contributed by atoms with van der Waals surface area (Å²) in [6.45, 7) is 3.21. The van der Waals surface area contributed by atoms with Gasteiger partial charge in [0, 0.05) is 17.3 Å². The van der Waals surface area contributed by atoms with Gasteiger partial charge in [0.1, 0.15) is 0 Å². The number of fused-ring (bicyclic) bond motifs is 4. The maximum absolute atomic E-state index is 6.70. The molecule has 4 heteroatoms. The van der Waals surface area contributed by atoms with Gasteiger partial charge in [-0.15, -0.1) is 0 Å². The van der Waals surface area contributed by atoms with Gasteiger partial charge in [0.05, 0.1) is 33.4 Å². The summed E-state index contributed by atoms with van der Waals surface area (Å²) in [5, 5.41) is 2.68. The van der Waals surface area contributed by atoms with Crippen LogP contribution in [0.5, 0.6) is 0 Å². The molecule has 0 saturated heterocycles. The number of imidazole rings is 1. The first-order valence-corrected chi connectivity index (χ1v) is 8.49. The van der Waals surface area contributed by atoms with Gasteiger partial charge < -0.3 is 4.57 Å². The van der Waals surface area contributed by atoms with Crippen LogP contribution in [0, 0.1) is 0 Å². The van der Waals surface area contributed by atoms with Crippen molar-refractivity contribution in [2.45, 2.75) is 32.7 Å². The summed E-state index contributed by atoms with van der Waals surface area (Å²) in [5.74, 6) is 0. The number of aryl methyl sites for hydroxylation is 1. The molecule has 4 aromatic rings. The van der Waals surface area contributed by atoms with Crippen molar-refractivity contribution in [2.75, 3.05) is 0 Å². The molecular formula is C19H18ClN3. The molecule has 3 nitrogen and oxygen atoms in total. The van der Waals surface area contributed by atoms with Crippen molar-refractivity contribution in [1.29, 1.82) is 0 Å². The molecule has 0 unspecified atom stereocenters. The van der Waals surface area contributed by atoms with Gasteiger partial charge in [0.2, 0.25) is 0 Å². The molecule has 2 aromatic heterocycles. The van der Waals surface area contributed by atoms with Crippen LogP contribution in [0.25, 0.3) is 32.8 Å². The number of hydrogen-bond donors (Lipinski definition) is 0. The monoisotopic (exact) mass is 323 g/mol. The summed E-state index contributed by atoms with van der Waals surface area (Å²) in [4.78, 5) is 9.37. The Morgan fingerprint density at radius 1 is 1.04 bits per heavy atom. The molecule has 116 valence electrons. The van der Waals surface area contributed by atoms with Crippen LogP contribution < -0.4 is 0 Å². The Morgan fingerprint density at radius 3 is 2.78 bits per heavy atom. The third kappa shape index (κ3) is 2.36. The first kappa shape index (κ1) is 14.5. The highest BCUT2D eigenvalue weighted by Gasteiger charge is 2.13. The molecule has 0 aliphatic heterocycles. The summed E-state index contributed by atoms with van der Waals surface area (Å²) in [6.07, 6.45) is 5.55. The van der Waals surface area contributed by atoms with Crippen molar-refractivity contribution in [3.05, 3.63) is 47.7 Å². The molecule has 0 spiro atoms. The quantitative estimate of drug-likeness (QED) is 0.362. The normalized spacial score (nSPS) is 11.7. The number of halogens is 1. The molecular weight excluding hydrogens is 306 g/mol. The van der Waals surface area contributed by atoms with Crippen LogP contribution in [0.15, 0.2) is 42.7 Å². The number of unbranched alkanes of at least 4 members (excludes halogenated alkanes) is 2. The lowest BCUT2D eigenvalue weighted by Gasteiger charge is -2.07. The highest BCUT2D eigenvalue weighted by molar-refractivity contribution is 6.42. The largest absolute Gasteiger partial charge is 0.331 e. The van der Waals surface area contributed by atoms with E-state index in [1.54, 1.807) is 0 Å². The summed E-state index contributed by atoms with van der Waals surface area (Å²) in [6, 6.07) is 12.1. The van der Waals surface area contributed by atoms with E-state index >= 15 is 0 Å². The number of hydrogen-bond acceptors (Lipinski definition) is 2. The molecule has 0 fully saturated rings. The summed E-state index contributed by atoms with van der Waals surface area (Å²) >= 11 is 6.70. The lowest BCUT2D eigenvalue weighted by molar-refractivity contribution is 0.613. The Morgan fingerprint density at radius 2 is 1.91 bits per heavy atom. The predicted molar refractivity (Wildman–Crippen MR) is 97.1 cm³/mol. The minimum Gasteiger partial charge on any atom is -0.331 e. The second-order valence-corrected chi connectivity index (χ2v) is 6.29. The van der Waals surface area contributed by atoms with Crippen LogP contribution in [0.3, 0.4) is 0 Å². The topological polar surface area (TPSA) is 30.7 Å². The number of rotatable bonds is 4. The van der Waals surface area contributed by atoms with Crippen molar-refractivity contribution in [3.63, 3.8) is 0 Å². The van der Waals surface area contributed by atoms with Crippen molar-refractivity contribution in [2.24, 2.45) is 0 Å². The number of aromatic nitrogens is 3. The van der Waals surface area contributed by atoms with E-state index in [0.29, 0.717) is 0 Å². The molecule has 0 aliphatic rings. The fraction of sp³-hybridized carbons (Fsp3) is 0.263. The van der Waals surface area contributed by atoms with E-state index < -0.39 is 0 Å². The summed E-state index contributed by atoms with van der Waals surface area (Å²) in [7, 11) is 0. The third-order valence-electron chi connectivity index (χ3n) is 4.37. The second kappa shape index (κ2) is 5.82.